The van der Waals surface area contributed by atoms with E-state index in [1.54, 1.807) is 0 Å². The second-order valence-corrected chi connectivity index (χ2v) is 5.43. The maximum Gasteiger partial charge on any atom is 0.0572 e. The molecule has 2 N–H and O–H groups in total. The van der Waals surface area contributed by atoms with Gasteiger partial charge in [0.05, 0.1) is 12.2 Å². The second-order valence-electron chi connectivity index (χ2n) is 5.43. The highest BCUT2D eigenvalue weighted by Crippen LogP contribution is 2.35. The number of hydrogen-bond donors (Lipinski definition) is 2. The highest BCUT2D eigenvalue weighted by molar-refractivity contribution is 4.83. The van der Waals surface area contributed by atoms with Gasteiger partial charge in [-0.3, -0.25) is 0 Å². The summed E-state index contributed by atoms with van der Waals surface area (Å²) in [6.45, 7) is 6.16. The fraction of sp³-hybridized carbons (Fsp3) is 1.00. The van der Waals surface area contributed by atoms with Crippen molar-refractivity contribution in [3.8, 4) is 0 Å². The maximum atomic E-state index is 10.1. The molecule has 0 aromatic carbocycles. The summed E-state index contributed by atoms with van der Waals surface area (Å²) in [4.78, 5) is 0. The summed E-state index contributed by atoms with van der Waals surface area (Å²) in [6.07, 6.45) is 5.07. The first-order valence-corrected chi connectivity index (χ1v) is 6.40. The van der Waals surface area contributed by atoms with Crippen molar-refractivity contribution in [3.05, 3.63) is 0 Å². The van der Waals surface area contributed by atoms with Crippen LogP contribution in [0, 0.1) is 17.8 Å². The van der Waals surface area contributed by atoms with E-state index in [4.69, 9.17) is 0 Å². The van der Waals surface area contributed by atoms with E-state index in [0.717, 1.165) is 19.3 Å². The monoisotopic (exact) mass is 214 g/mol. The van der Waals surface area contributed by atoms with Gasteiger partial charge in [0, 0.05) is 0 Å². The van der Waals surface area contributed by atoms with Crippen LogP contribution >= 0.6 is 0 Å². The predicted octanol–water partition coefficient (Wildman–Crippen LogP) is 2.58. The molecule has 0 amide bonds. The first-order chi connectivity index (χ1) is 7.04. The molecule has 4 unspecified atom stereocenters. The van der Waals surface area contributed by atoms with Crippen LogP contribution < -0.4 is 0 Å². The van der Waals surface area contributed by atoms with E-state index >= 15 is 0 Å². The van der Waals surface area contributed by atoms with Crippen molar-refractivity contribution in [2.45, 2.75) is 65.1 Å². The van der Waals surface area contributed by atoms with Crippen LogP contribution in [0.3, 0.4) is 0 Å². The van der Waals surface area contributed by atoms with E-state index in [2.05, 4.69) is 13.8 Å². The van der Waals surface area contributed by atoms with E-state index in [1.807, 2.05) is 6.92 Å². The smallest absolute Gasteiger partial charge is 0.0572 e. The average Bonchev–Trinajstić information content (AvgIpc) is 2.31. The Bertz CT molecular complexity index is 169. The molecule has 0 aromatic heterocycles. The van der Waals surface area contributed by atoms with Crippen molar-refractivity contribution < 1.29 is 10.2 Å². The van der Waals surface area contributed by atoms with Crippen LogP contribution in [-0.4, -0.2) is 22.4 Å². The van der Waals surface area contributed by atoms with Crippen LogP contribution in [0.25, 0.3) is 0 Å². The molecule has 0 saturated heterocycles. The van der Waals surface area contributed by atoms with E-state index in [1.165, 1.54) is 12.8 Å². The summed E-state index contributed by atoms with van der Waals surface area (Å²) in [5.74, 6) is 0.994. The lowest BCUT2D eigenvalue weighted by atomic mass is 9.75. The molecule has 0 bridgehead atoms. The molecule has 0 aliphatic heterocycles. The molecular weight excluding hydrogens is 188 g/mol. The van der Waals surface area contributed by atoms with Gasteiger partial charge in [-0.2, -0.15) is 0 Å². The minimum atomic E-state index is -0.303. The Balaban J connectivity index is 2.70. The van der Waals surface area contributed by atoms with Crippen molar-refractivity contribution in [3.63, 3.8) is 0 Å². The minimum Gasteiger partial charge on any atom is -0.393 e. The number of hydrogen-bond acceptors (Lipinski definition) is 2. The van der Waals surface area contributed by atoms with Gasteiger partial charge in [-0.1, -0.05) is 33.1 Å². The van der Waals surface area contributed by atoms with Crippen molar-refractivity contribution in [2.75, 3.05) is 0 Å². The zero-order valence-electron chi connectivity index (χ0n) is 10.3. The summed E-state index contributed by atoms with van der Waals surface area (Å²) < 4.78 is 0. The third-order valence-corrected chi connectivity index (χ3v) is 3.85. The summed E-state index contributed by atoms with van der Waals surface area (Å²) in [6, 6.07) is 0. The van der Waals surface area contributed by atoms with Crippen LogP contribution in [0.2, 0.25) is 0 Å². The van der Waals surface area contributed by atoms with Crippen molar-refractivity contribution in [2.24, 2.45) is 17.8 Å². The van der Waals surface area contributed by atoms with E-state index < -0.39 is 0 Å². The molecule has 1 aliphatic rings. The summed E-state index contributed by atoms with van der Waals surface area (Å²) in [5.41, 5.74) is 0. The van der Waals surface area contributed by atoms with Crippen molar-refractivity contribution in [1.29, 1.82) is 0 Å². The maximum absolute atomic E-state index is 10.1. The van der Waals surface area contributed by atoms with Gasteiger partial charge in [0.15, 0.2) is 0 Å². The van der Waals surface area contributed by atoms with Crippen LogP contribution in [0.5, 0.6) is 0 Å². The molecule has 0 aromatic rings. The number of rotatable bonds is 3. The fourth-order valence-corrected chi connectivity index (χ4v) is 3.17. The van der Waals surface area contributed by atoms with Crippen molar-refractivity contribution >= 4 is 0 Å². The van der Waals surface area contributed by atoms with Crippen LogP contribution in [0.4, 0.5) is 0 Å². The SMILES string of the molecule is CC(C)C(C(C)O)C1CCCCCC1O. The Morgan fingerprint density at radius 2 is 1.60 bits per heavy atom. The molecule has 90 valence electrons. The largest absolute Gasteiger partial charge is 0.393 e. The first kappa shape index (κ1) is 13.0. The van der Waals surface area contributed by atoms with Gasteiger partial charge in [0.1, 0.15) is 0 Å². The zero-order valence-corrected chi connectivity index (χ0v) is 10.3. The summed E-state index contributed by atoms with van der Waals surface area (Å²) in [5, 5.41) is 19.9. The van der Waals surface area contributed by atoms with Gasteiger partial charge < -0.3 is 10.2 Å². The molecular formula is C13H26O2. The minimum absolute atomic E-state index is 0.200. The Kier molecular flexibility index (Phi) is 5.07. The van der Waals surface area contributed by atoms with Gasteiger partial charge in [-0.25, -0.2) is 0 Å². The molecule has 0 spiro atoms. The Labute approximate surface area is 93.7 Å². The van der Waals surface area contributed by atoms with Crippen LogP contribution in [0.1, 0.15) is 52.9 Å². The predicted molar refractivity (Wildman–Crippen MR) is 62.6 cm³/mol. The third kappa shape index (κ3) is 3.46. The summed E-state index contributed by atoms with van der Waals surface area (Å²) in [7, 11) is 0. The zero-order chi connectivity index (χ0) is 11.4. The highest BCUT2D eigenvalue weighted by Gasteiger charge is 2.33. The lowest BCUT2D eigenvalue weighted by Crippen LogP contribution is -2.36. The second kappa shape index (κ2) is 5.86. The normalized spacial score (nSPS) is 32.4. The molecule has 0 heterocycles. The topological polar surface area (TPSA) is 40.5 Å². The molecule has 1 fully saturated rings. The van der Waals surface area contributed by atoms with Gasteiger partial charge in [-0.15, -0.1) is 0 Å². The molecule has 1 saturated carbocycles. The standard InChI is InChI=1S/C13H26O2/c1-9(2)13(10(3)14)11-7-5-4-6-8-12(11)15/h9-15H,4-8H2,1-3H3. The van der Waals surface area contributed by atoms with Gasteiger partial charge in [-0.05, 0) is 37.5 Å². The highest BCUT2D eigenvalue weighted by atomic mass is 16.3. The lowest BCUT2D eigenvalue weighted by Gasteiger charge is -2.34. The van der Waals surface area contributed by atoms with E-state index in [0.29, 0.717) is 11.8 Å². The third-order valence-electron chi connectivity index (χ3n) is 3.85. The van der Waals surface area contributed by atoms with Crippen molar-refractivity contribution in [1.82, 2.24) is 0 Å². The molecule has 1 rings (SSSR count). The molecule has 0 radical (unpaired) electrons. The number of aliphatic hydroxyl groups is 2. The van der Waals surface area contributed by atoms with Gasteiger partial charge in [0.2, 0.25) is 0 Å². The molecule has 2 nitrogen and oxygen atoms in total. The fourth-order valence-electron chi connectivity index (χ4n) is 3.17. The van der Waals surface area contributed by atoms with Crippen LogP contribution in [0.15, 0.2) is 0 Å². The lowest BCUT2D eigenvalue weighted by molar-refractivity contribution is -0.00974. The Morgan fingerprint density at radius 3 is 2.13 bits per heavy atom. The molecule has 2 heteroatoms. The first-order valence-electron chi connectivity index (χ1n) is 6.40. The number of aliphatic hydroxyl groups excluding tert-OH is 2. The quantitative estimate of drug-likeness (QED) is 0.709. The van der Waals surface area contributed by atoms with Crippen LogP contribution in [-0.2, 0) is 0 Å². The average molecular weight is 214 g/mol. The van der Waals surface area contributed by atoms with E-state index in [-0.39, 0.29) is 18.1 Å². The van der Waals surface area contributed by atoms with E-state index in [9.17, 15) is 10.2 Å². The molecule has 4 atom stereocenters. The molecule has 1 aliphatic carbocycles. The Hall–Kier alpha value is -0.0800. The van der Waals surface area contributed by atoms with Gasteiger partial charge in [0.25, 0.3) is 0 Å². The summed E-state index contributed by atoms with van der Waals surface area (Å²) >= 11 is 0. The van der Waals surface area contributed by atoms with Gasteiger partial charge >= 0.3 is 0 Å². The Morgan fingerprint density at radius 1 is 1.00 bits per heavy atom. The molecule has 15 heavy (non-hydrogen) atoms.